The fourth-order valence-electron chi connectivity index (χ4n) is 0.993. The minimum absolute atomic E-state index is 0.0847. The lowest BCUT2D eigenvalue weighted by molar-refractivity contribution is 0.421. The molecule has 0 bridgehead atoms. The van der Waals surface area contributed by atoms with Gasteiger partial charge in [0.2, 0.25) is 5.82 Å². The van der Waals surface area contributed by atoms with Crippen molar-refractivity contribution in [3.63, 3.8) is 0 Å². The van der Waals surface area contributed by atoms with Crippen molar-refractivity contribution in [2.45, 2.75) is 13.3 Å². The summed E-state index contributed by atoms with van der Waals surface area (Å²) >= 11 is 7.17. The van der Waals surface area contributed by atoms with E-state index in [0.717, 1.165) is 11.3 Å². The van der Waals surface area contributed by atoms with Gasteiger partial charge < -0.3 is 4.52 Å². The van der Waals surface area contributed by atoms with Crippen LogP contribution in [0.15, 0.2) is 16.7 Å². The third-order valence-electron chi connectivity index (χ3n) is 1.63. The molecule has 2 heterocycles. The van der Waals surface area contributed by atoms with E-state index in [1.165, 1.54) is 4.88 Å². The summed E-state index contributed by atoms with van der Waals surface area (Å²) in [5, 5.41) is 3.81. The van der Waals surface area contributed by atoms with Gasteiger partial charge in [-0.1, -0.05) is 12.1 Å². The molecule has 13 heavy (non-hydrogen) atoms. The molecule has 0 saturated carbocycles. The highest BCUT2D eigenvalue weighted by atomic mass is 35.5. The molecule has 0 saturated heterocycles. The largest absolute Gasteiger partial charge is 0.321 e. The predicted molar refractivity (Wildman–Crippen MR) is 52.0 cm³/mol. The summed E-state index contributed by atoms with van der Waals surface area (Å²) in [5.74, 6) is 0.565. The van der Waals surface area contributed by atoms with Crippen LogP contribution in [0, 0.1) is 0 Å². The normalized spacial score (nSPS) is 10.6. The van der Waals surface area contributed by atoms with Crippen molar-refractivity contribution in [3.05, 3.63) is 22.4 Å². The highest BCUT2D eigenvalue weighted by molar-refractivity contribution is 7.15. The summed E-state index contributed by atoms with van der Waals surface area (Å²) in [6, 6.07) is 4.04. The summed E-state index contributed by atoms with van der Waals surface area (Å²) in [7, 11) is 0. The molecule has 0 fully saturated rings. The van der Waals surface area contributed by atoms with E-state index in [0.29, 0.717) is 5.82 Å². The third-order valence-corrected chi connectivity index (χ3v) is 3.01. The monoisotopic (exact) mass is 214 g/mol. The van der Waals surface area contributed by atoms with E-state index < -0.39 is 0 Å². The molecule has 0 amide bonds. The maximum absolute atomic E-state index is 5.52. The second-order valence-corrected chi connectivity index (χ2v) is 3.98. The first-order valence-electron chi connectivity index (χ1n) is 3.88. The summed E-state index contributed by atoms with van der Waals surface area (Å²) in [6.45, 7) is 2.11. The molecule has 0 aliphatic heterocycles. The number of rotatable bonds is 2. The minimum Gasteiger partial charge on any atom is -0.321 e. The molecular weight excluding hydrogens is 208 g/mol. The zero-order valence-corrected chi connectivity index (χ0v) is 8.52. The van der Waals surface area contributed by atoms with Crippen LogP contribution in [-0.4, -0.2) is 10.1 Å². The summed E-state index contributed by atoms with van der Waals surface area (Å²) < 4.78 is 4.67. The third kappa shape index (κ3) is 1.73. The van der Waals surface area contributed by atoms with E-state index in [1.54, 1.807) is 11.3 Å². The Labute approximate surface area is 84.3 Å². The highest BCUT2D eigenvalue weighted by Crippen LogP contribution is 2.26. The Kier molecular flexibility index (Phi) is 2.33. The van der Waals surface area contributed by atoms with E-state index in [4.69, 9.17) is 11.6 Å². The first-order chi connectivity index (χ1) is 6.29. The lowest BCUT2D eigenvalue weighted by Gasteiger charge is -1.84. The van der Waals surface area contributed by atoms with Crippen molar-refractivity contribution < 1.29 is 4.52 Å². The van der Waals surface area contributed by atoms with Crippen LogP contribution < -0.4 is 0 Å². The Morgan fingerprint density at radius 1 is 1.54 bits per heavy atom. The lowest BCUT2D eigenvalue weighted by Crippen LogP contribution is -1.72. The average Bonchev–Trinajstić information content (AvgIpc) is 2.71. The Bertz CT molecular complexity index is 410. The van der Waals surface area contributed by atoms with Gasteiger partial charge in [-0.25, -0.2) is 0 Å². The topological polar surface area (TPSA) is 38.9 Å². The average molecular weight is 215 g/mol. The molecule has 0 radical (unpaired) electrons. The van der Waals surface area contributed by atoms with E-state index in [9.17, 15) is 0 Å². The number of thiophene rings is 1. The van der Waals surface area contributed by atoms with Crippen LogP contribution in [0.5, 0.6) is 0 Å². The Hall–Kier alpha value is -0.870. The molecule has 5 heteroatoms. The van der Waals surface area contributed by atoms with Gasteiger partial charge in [-0.3, -0.25) is 0 Å². The molecule has 0 aromatic carbocycles. The SMILES string of the molecule is CCc1ccc(-c2noc(Cl)n2)s1. The van der Waals surface area contributed by atoms with Gasteiger partial charge in [0.15, 0.2) is 0 Å². The van der Waals surface area contributed by atoms with Crippen LogP contribution in [-0.2, 0) is 6.42 Å². The van der Waals surface area contributed by atoms with Crippen LogP contribution in [0.2, 0.25) is 5.35 Å². The molecule has 2 aromatic heterocycles. The molecule has 0 spiro atoms. The van der Waals surface area contributed by atoms with Gasteiger partial charge in [0.05, 0.1) is 4.88 Å². The standard InChI is InChI=1S/C8H7ClN2OS/c1-2-5-3-4-6(13-5)7-10-8(9)12-11-7/h3-4H,2H2,1H3. The molecule has 3 nitrogen and oxygen atoms in total. The number of halogens is 1. The predicted octanol–water partition coefficient (Wildman–Crippen LogP) is 3.01. The quantitative estimate of drug-likeness (QED) is 0.772. The molecule has 0 aliphatic rings. The van der Waals surface area contributed by atoms with Crippen molar-refractivity contribution >= 4 is 22.9 Å². The number of aromatic nitrogens is 2. The zero-order valence-electron chi connectivity index (χ0n) is 6.95. The fraction of sp³-hybridized carbons (Fsp3) is 0.250. The van der Waals surface area contributed by atoms with Gasteiger partial charge >= 0.3 is 5.35 Å². The van der Waals surface area contributed by atoms with E-state index in [2.05, 4.69) is 27.7 Å². The Morgan fingerprint density at radius 3 is 2.92 bits per heavy atom. The molecule has 0 unspecified atom stereocenters. The van der Waals surface area contributed by atoms with E-state index in [-0.39, 0.29) is 5.35 Å². The summed E-state index contributed by atoms with van der Waals surface area (Å²) in [5.41, 5.74) is 0. The first kappa shape index (κ1) is 8.72. The summed E-state index contributed by atoms with van der Waals surface area (Å²) in [4.78, 5) is 6.22. The van der Waals surface area contributed by atoms with Crippen LogP contribution in [0.3, 0.4) is 0 Å². The first-order valence-corrected chi connectivity index (χ1v) is 5.07. The molecule has 0 aliphatic carbocycles. The molecule has 0 atom stereocenters. The van der Waals surface area contributed by atoms with Gasteiger partial charge in [-0.05, 0) is 30.2 Å². The van der Waals surface area contributed by atoms with Crippen molar-refractivity contribution in [2.75, 3.05) is 0 Å². The van der Waals surface area contributed by atoms with Crippen LogP contribution >= 0.6 is 22.9 Å². The smallest absolute Gasteiger partial charge is 0.320 e. The number of aryl methyl sites for hydroxylation is 1. The van der Waals surface area contributed by atoms with E-state index in [1.807, 2.05) is 6.07 Å². The minimum atomic E-state index is 0.0847. The summed E-state index contributed by atoms with van der Waals surface area (Å²) in [6.07, 6.45) is 1.02. The van der Waals surface area contributed by atoms with Gasteiger partial charge in [0.1, 0.15) is 0 Å². The van der Waals surface area contributed by atoms with Gasteiger partial charge in [-0.15, -0.1) is 11.3 Å². The van der Waals surface area contributed by atoms with E-state index >= 15 is 0 Å². The molecule has 2 rings (SSSR count). The Morgan fingerprint density at radius 2 is 2.38 bits per heavy atom. The number of nitrogens with zero attached hydrogens (tertiary/aromatic N) is 2. The molecule has 68 valence electrons. The number of hydrogen-bond donors (Lipinski definition) is 0. The molecular formula is C8H7ClN2OS. The van der Waals surface area contributed by atoms with Crippen LogP contribution in [0.1, 0.15) is 11.8 Å². The van der Waals surface area contributed by atoms with Gasteiger partial charge in [0, 0.05) is 4.88 Å². The van der Waals surface area contributed by atoms with Gasteiger partial charge in [-0.2, -0.15) is 4.98 Å². The lowest BCUT2D eigenvalue weighted by atomic mass is 10.3. The molecule has 2 aromatic rings. The van der Waals surface area contributed by atoms with Crippen LogP contribution in [0.25, 0.3) is 10.7 Å². The fourth-order valence-corrected chi connectivity index (χ4v) is 1.98. The number of hydrogen-bond acceptors (Lipinski definition) is 4. The van der Waals surface area contributed by atoms with Gasteiger partial charge in [0.25, 0.3) is 0 Å². The highest BCUT2D eigenvalue weighted by Gasteiger charge is 2.08. The Balaban J connectivity index is 2.35. The maximum Gasteiger partial charge on any atom is 0.320 e. The van der Waals surface area contributed by atoms with Crippen LogP contribution in [0.4, 0.5) is 0 Å². The maximum atomic E-state index is 5.52. The second kappa shape index (κ2) is 3.47. The second-order valence-electron chi connectivity index (χ2n) is 2.49. The van der Waals surface area contributed by atoms with Crippen molar-refractivity contribution in [1.29, 1.82) is 0 Å². The zero-order chi connectivity index (χ0) is 9.26. The molecule has 0 N–H and O–H groups in total. The van der Waals surface area contributed by atoms with Crippen molar-refractivity contribution in [3.8, 4) is 10.7 Å². The van der Waals surface area contributed by atoms with Crippen molar-refractivity contribution in [2.24, 2.45) is 0 Å². The van der Waals surface area contributed by atoms with Crippen molar-refractivity contribution in [1.82, 2.24) is 10.1 Å².